The molecule has 0 radical (unpaired) electrons. The van der Waals surface area contributed by atoms with E-state index < -0.39 is 35.7 Å². The number of esters is 1. The number of aliphatic hydroxyl groups is 1. The number of methoxy groups -OCH3 is 1. The lowest BCUT2D eigenvalue weighted by Crippen LogP contribution is -2.13. The van der Waals surface area contributed by atoms with E-state index in [1.807, 2.05) is 0 Å². The Labute approximate surface area is 238 Å². The highest BCUT2D eigenvalue weighted by Crippen LogP contribution is 2.45. The second kappa shape index (κ2) is 11.5. The number of ether oxygens (including phenoxy) is 3. The fourth-order valence-corrected chi connectivity index (χ4v) is 5.86. The fraction of sp³-hybridized carbons (Fsp3) is 0.387. The number of rotatable bonds is 4. The van der Waals surface area contributed by atoms with E-state index in [1.165, 1.54) is 19.2 Å². The fourth-order valence-electron chi connectivity index (χ4n) is 5.86. The highest BCUT2D eigenvalue weighted by Gasteiger charge is 2.40. The number of halogens is 6. The summed E-state index contributed by atoms with van der Waals surface area (Å²) in [5.74, 6) is 0.630. The number of carbonyl (C=O) groups is 1. The molecule has 3 aliphatic rings. The van der Waals surface area contributed by atoms with Gasteiger partial charge < -0.3 is 19.3 Å². The van der Waals surface area contributed by atoms with Gasteiger partial charge >= 0.3 is 18.3 Å². The summed E-state index contributed by atoms with van der Waals surface area (Å²) in [6.07, 6.45) is -8.22. The molecule has 6 rings (SSSR count). The number of alkyl halides is 6. The van der Waals surface area contributed by atoms with Gasteiger partial charge in [0.15, 0.2) is 0 Å². The van der Waals surface area contributed by atoms with Crippen LogP contribution in [0.15, 0.2) is 54.6 Å². The van der Waals surface area contributed by atoms with Crippen molar-refractivity contribution in [2.75, 3.05) is 13.7 Å². The maximum Gasteiger partial charge on any atom is 0.416 e. The van der Waals surface area contributed by atoms with Gasteiger partial charge in [0.05, 0.1) is 37.4 Å². The van der Waals surface area contributed by atoms with Crippen molar-refractivity contribution in [3.05, 3.63) is 93.5 Å². The van der Waals surface area contributed by atoms with Gasteiger partial charge in [0.2, 0.25) is 0 Å². The highest BCUT2D eigenvalue weighted by atomic mass is 19.4. The lowest BCUT2D eigenvalue weighted by Gasteiger charge is -2.20. The molecule has 5 nitrogen and oxygen atoms in total. The lowest BCUT2D eigenvalue weighted by atomic mass is 9.98. The molecular weight excluding hydrogens is 566 g/mol. The zero-order valence-electron chi connectivity index (χ0n) is 22.5. The average molecular weight is 595 g/mol. The Morgan fingerprint density at radius 1 is 0.905 bits per heavy atom. The van der Waals surface area contributed by atoms with Crippen molar-refractivity contribution >= 4 is 5.97 Å². The third-order valence-corrected chi connectivity index (χ3v) is 7.81. The van der Waals surface area contributed by atoms with Gasteiger partial charge in [-0.1, -0.05) is 30.3 Å². The van der Waals surface area contributed by atoms with Crippen molar-refractivity contribution in [2.45, 2.75) is 62.6 Å². The molecular formula is C31H28F6O5. The van der Waals surface area contributed by atoms with E-state index in [0.717, 1.165) is 17.7 Å². The molecule has 3 aromatic rings. The van der Waals surface area contributed by atoms with E-state index in [-0.39, 0.29) is 29.4 Å². The number of carbonyl (C=O) groups excluding carboxylic acids is 1. The first-order valence-corrected chi connectivity index (χ1v) is 13.4. The third kappa shape index (κ3) is 6.06. The Morgan fingerprint density at radius 3 is 2.17 bits per heavy atom. The van der Waals surface area contributed by atoms with Gasteiger partial charge in [-0.15, -0.1) is 0 Å². The van der Waals surface area contributed by atoms with Crippen LogP contribution in [0.1, 0.15) is 76.3 Å². The number of aliphatic hydroxyl groups excluding tert-OH is 1. The van der Waals surface area contributed by atoms with Gasteiger partial charge in [0.25, 0.3) is 0 Å². The Kier molecular flexibility index (Phi) is 8.15. The number of aryl methyl sites for hydroxylation is 2. The average Bonchev–Trinajstić information content (AvgIpc) is 3.65. The van der Waals surface area contributed by atoms with E-state index in [0.29, 0.717) is 54.9 Å². The molecule has 2 aliphatic carbocycles. The van der Waals surface area contributed by atoms with Gasteiger partial charge in [0.1, 0.15) is 17.6 Å². The van der Waals surface area contributed by atoms with Crippen molar-refractivity contribution in [3.8, 4) is 11.5 Å². The highest BCUT2D eigenvalue weighted by molar-refractivity contribution is 5.71. The van der Waals surface area contributed by atoms with Crippen LogP contribution >= 0.6 is 0 Å². The van der Waals surface area contributed by atoms with E-state index in [9.17, 15) is 36.2 Å². The van der Waals surface area contributed by atoms with Crippen LogP contribution < -0.4 is 9.47 Å². The summed E-state index contributed by atoms with van der Waals surface area (Å²) in [4.78, 5) is 11.5. The number of hydrogen-bond donors (Lipinski definition) is 1. The maximum atomic E-state index is 13.4. The summed E-state index contributed by atoms with van der Waals surface area (Å²) >= 11 is 0. The zero-order chi connectivity index (χ0) is 30.2. The van der Waals surface area contributed by atoms with Crippen LogP contribution in [0.5, 0.6) is 11.5 Å². The minimum absolute atomic E-state index is 0.0694. The van der Waals surface area contributed by atoms with Gasteiger partial charge in [-0.25, -0.2) is 0 Å². The van der Waals surface area contributed by atoms with Crippen LogP contribution in [0, 0.1) is 0 Å². The molecule has 0 amide bonds. The molecule has 3 aromatic carbocycles. The Hall–Kier alpha value is -3.73. The van der Waals surface area contributed by atoms with E-state index >= 15 is 0 Å². The summed E-state index contributed by atoms with van der Waals surface area (Å²) in [5, 5.41) is 9.43. The molecule has 224 valence electrons. The maximum absolute atomic E-state index is 13.4. The molecule has 1 aliphatic heterocycles. The SMILES string of the molecule is COC(=O)C[C@@H]1COc2cc(O[C@@H]3CCc4cccc(C(F)(F)F)c43)ccc21.O[C@H]1CCc2cccc(C(F)(F)F)c21. The molecule has 0 saturated carbocycles. The zero-order valence-corrected chi connectivity index (χ0v) is 22.5. The van der Waals surface area contributed by atoms with Crippen LogP contribution in [0.4, 0.5) is 26.3 Å². The molecule has 0 spiro atoms. The first-order chi connectivity index (χ1) is 19.9. The number of benzene rings is 3. The molecule has 0 bridgehead atoms. The Bertz CT molecular complexity index is 1470. The van der Waals surface area contributed by atoms with Gasteiger partial charge in [0, 0.05) is 23.1 Å². The van der Waals surface area contributed by atoms with Crippen molar-refractivity contribution in [1.82, 2.24) is 0 Å². The van der Waals surface area contributed by atoms with Gasteiger partial charge in [-0.3, -0.25) is 4.79 Å². The standard InChI is InChI=1S/C21H19F3O4.C10H9F3O/c1-26-19(25)9-13-11-27-18-10-14(6-7-15(13)18)28-17-8-5-12-3-2-4-16(20(12)17)21(22,23)24;11-10(12,13)7-3-1-2-6-4-5-8(14)9(6)7/h2-4,6-7,10,13,17H,5,8-9,11H2,1H3;1-3,8,14H,4-5H2/t13-,17-;8-/m10/s1. The predicted octanol–water partition coefficient (Wildman–Crippen LogP) is 7.50. The van der Waals surface area contributed by atoms with Crippen molar-refractivity contribution in [2.24, 2.45) is 0 Å². The summed E-state index contributed by atoms with van der Waals surface area (Å²) in [6.45, 7) is 0.359. The molecule has 1 heterocycles. The number of fused-ring (bicyclic) bond motifs is 3. The topological polar surface area (TPSA) is 65.0 Å². The van der Waals surface area contributed by atoms with Gasteiger partial charge in [-0.05, 0) is 60.6 Å². The van der Waals surface area contributed by atoms with Crippen LogP contribution in [0.3, 0.4) is 0 Å². The molecule has 0 aromatic heterocycles. The predicted molar refractivity (Wildman–Crippen MR) is 139 cm³/mol. The Morgan fingerprint density at radius 2 is 1.52 bits per heavy atom. The smallest absolute Gasteiger partial charge is 0.416 e. The van der Waals surface area contributed by atoms with E-state index in [2.05, 4.69) is 0 Å². The summed E-state index contributed by atoms with van der Waals surface area (Å²) < 4.78 is 94.0. The van der Waals surface area contributed by atoms with Crippen molar-refractivity contribution < 1.29 is 50.5 Å². The summed E-state index contributed by atoms with van der Waals surface area (Å²) in [6, 6.07) is 13.5. The normalized spacial score (nSPS) is 20.5. The van der Waals surface area contributed by atoms with E-state index in [4.69, 9.17) is 14.2 Å². The Balaban J connectivity index is 0.000000211. The molecule has 0 unspecified atom stereocenters. The van der Waals surface area contributed by atoms with Crippen LogP contribution in [-0.4, -0.2) is 24.8 Å². The van der Waals surface area contributed by atoms with Crippen LogP contribution in [0.2, 0.25) is 0 Å². The van der Waals surface area contributed by atoms with Crippen molar-refractivity contribution in [3.63, 3.8) is 0 Å². The molecule has 3 atom stereocenters. The van der Waals surface area contributed by atoms with Crippen LogP contribution in [0.25, 0.3) is 0 Å². The second-order valence-corrected chi connectivity index (χ2v) is 10.4. The van der Waals surface area contributed by atoms with E-state index in [1.54, 1.807) is 30.3 Å². The minimum Gasteiger partial charge on any atom is -0.492 e. The van der Waals surface area contributed by atoms with Crippen LogP contribution in [-0.2, 0) is 34.7 Å². The first kappa shape index (κ1) is 29.8. The monoisotopic (exact) mass is 594 g/mol. The third-order valence-electron chi connectivity index (χ3n) is 7.81. The minimum atomic E-state index is -4.42. The lowest BCUT2D eigenvalue weighted by molar-refractivity contribution is -0.141. The largest absolute Gasteiger partial charge is 0.492 e. The molecule has 11 heteroatoms. The number of hydrogen-bond acceptors (Lipinski definition) is 5. The molecule has 1 N–H and O–H groups in total. The van der Waals surface area contributed by atoms with Crippen molar-refractivity contribution in [1.29, 1.82) is 0 Å². The summed E-state index contributed by atoms with van der Waals surface area (Å²) in [7, 11) is 1.34. The molecule has 42 heavy (non-hydrogen) atoms. The van der Waals surface area contributed by atoms with Gasteiger partial charge in [-0.2, -0.15) is 26.3 Å². The first-order valence-electron chi connectivity index (χ1n) is 13.4. The molecule has 0 saturated heterocycles. The molecule has 0 fully saturated rings. The summed E-state index contributed by atoms with van der Waals surface area (Å²) in [5.41, 5.74) is 1.13. The second-order valence-electron chi connectivity index (χ2n) is 10.4. The quantitative estimate of drug-likeness (QED) is 0.251.